The van der Waals surface area contributed by atoms with Crippen molar-refractivity contribution in [3.05, 3.63) is 59.1 Å². The Hall–Kier alpha value is -3.55. The van der Waals surface area contributed by atoms with Gasteiger partial charge < -0.3 is 20.8 Å². The summed E-state index contributed by atoms with van der Waals surface area (Å²) in [5, 5.41) is 5.07. The molecule has 0 saturated carbocycles. The van der Waals surface area contributed by atoms with E-state index in [0.717, 1.165) is 0 Å². The van der Waals surface area contributed by atoms with E-state index in [9.17, 15) is 14.4 Å². The smallest absolute Gasteiger partial charge is 0.408 e. The molecule has 0 aliphatic carbocycles. The number of hydrogen-bond acceptors (Lipinski definition) is 4. The van der Waals surface area contributed by atoms with Gasteiger partial charge in [0.15, 0.2) is 5.58 Å². The van der Waals surface area contributed by atoms with Crippen LogP contribution in [0, 0.1) is 0 Å². The number of anilines is 2. The van der Waals surface area contributed by atoms with Crippen molar-refractivity contribution < 1.29 is 14.0 Å². The van der Waals surface area contributed by atoms with E-state index < -0.39 is 17.7 Å². The zero-order valence-corrected chi connectivity index (χ0v) is 12.5. The van der Waals surface area contributed by atoms with E-state index in [1.54, 1.807) is 48.5 Å². The SMILES string of the molecule is NC(=O)Nc1cccc(NC(=O)Cn2c(=O)oc3ccccc32)c1. The molecule has 122 valence electrons. The van der Waals surface area contributed by atoms with E-state index >= 15 is 0 Å². The van der Waals surface area contributed by atoms with Gasteiger partial charge in [0.05, 0.1) is 5.52 Å². The summed E-state index contributed by atoms with van der Waals surface area (Å²) in [5.41, 5.74) is 6.93. The van der Waals surface area contributed by atoms with Gasteiger partial charge in [0.1, 0.15) is 6.54 Å². The van der Waals surface area contributed by atoms with Gasteiger partial charge in [0.2, 0.25) is 5.91 Å². The molecule has 0 radical (unpaired) electrons. The van der Waals surface area contributed by atoms with Gasteiger partial charge in [-0.05, 0) is 30.3 Å². The quantitative estimate of drug-likeness (QED) is 0.676. The predicted molar refractivity (Wildman–Crippen MR) is 88.8 cm³/mol. The second-order valence-corrected chi connectivity index (χ2v) is 5.04. The van der Waals surface area contributed by atoms with Crippen LogP contribution in [0.25, 0.3) is 11.1 Å². The lowest BCUT2D eigenvalue weighted by atomic mass is 10.2. The van der Waals surface area contributed by atoms with E-state index in [1.807, 2.05) is 0 Å². The molecule has 8 heteroatoms. The lowest BCUT2D eigenvalue weighted by molar-refractivity contribution is -0.116. The number of nitrogens with zero attached hydrogens (tertiary/aromatic N) is 1. The monoisotopic (exact) mass is 326 g/mol. The average molecular weight is 326 g/mol. The molecule has 3 rings (SSSR count). The number of benzene rings is 2. The lowest BCUT2D eigenvalue weighted by Gasteiger charge is -2.08. The number of hydrogen-bond donors (Lipinski definition) is 3. The number of oxazole rings is 1. The van der Waals surface area contributed by atoms with E-state index in [4.69, 9.17) is 10.2 Å². The van der Waals surface area contributed by atoms with E-state index in [-0.39, 0.29) is 6.54 Å². The first kappa shape index (κ1) is 15.3. The Balaban J connectivity index is 1.77. The normalized spacial score (nSPS) is 10.5. The molecule has 0 fully saturated rings. The molecule has 0 unspecified atom stereocenters. The van der Waals surface area contributed by atoms with Crippen LogP contribution in [-0.4, -0.2) is 16.5 Å². The molecule has 3 amide bonds. The summed E-state index contributed by atoms with van der Waals surface area (Å²) in [6.07, 6.45) is 0. The minimum absolute atomic E-state index is 0.191. The largest absolute Gasteiger partial charge is 0.420 e. The zero-order valence-electron chi connectivity index (χ0n) is 12.5. The van der Waals surface area contributed by atoms with Crippen molar-refractivity contribution in [2.24, 2.45) is 5.73 Å². The highest BCUT2D eigenvalue weighted by Crippen LogP contribution is 2.16. The summed E-state index contributed by atoms with van der Waals surface area (Å²) in [6.45, 7) is -0.191. The van der Waals surface area contributed by atoms with Crippen LogP contribution in [0.3, 0.4) is 0 Å². The molecule has 24 heavy (non-hydrogen) atoms. The number of nitrogens with two attached hydrogens (primary N) is 1. The highest BCUT2D eigenvalue weighted by molar-refractivity contribution is 5.93. The number of nitrogens with one attached hydrogen (secondary N) is 2. The van der Waals surface area contributed by atoms with E-state index in [0.29, 0.717) is 22.5 Å². The van der Waals surface area contributed by atoms with Crippen molar-refractivity contribution in [3.63, 3.8) is 0 Å². The minimum atomic E-state index is -0.699. The Kier molecular flexibility index (Phi) is 4.02. The van der Waals surface area contributed by atoms with Gasteiger partial charge in [0, 0.05) is 11.4 Å². The number of para-hydroxylation sites is 2. The van der Waals surface area contributed by atoms with Crippen LogP contribution >= 0.6 is 0 Å². The van der Waals surface area contributed by atoms with Crippen LogP contribution in [0.1, 0.15) is 0 Å². The first-order valence-electron chi connectivity index (χ1n) is 7.08. The number of aromatic nitrogens is 1. The maximum absolute atomic E-state index is 12.2. The minimum Gasteiger partial charge on any atom is -0.408 e. The molecule has 1 heterocycles. The molecule has 0 saturated heterocycles. The summed E-state index contributed by atoms with van der Waals surface area (Å²) in [6, 6.07) is 12.6. The Bertz CT molecular complexity index is 973. The van der Waals surface area contributed by atoms with Crippen LogP contribution in [0.15, 0.2) is 57.7 Å². The summed E-state index contributed by atoms with van der Waals surface area (Å²) in [4.78, 5) is 34.9. The molecule has 1 aromatic heterocycles. The third kappa shape index (κ3) is 3.27. The fourth-order valence-corrected chi connectivity index (χ4v) is 2.32. The number of fused-ring (bicyclic) bond motifs is 1. The van der Waals surface area contributed by atoms with Gasteiger partial charge in [-0.15, -0.1) is 0 Å². The molecule has 2 aromatic carbocycles. The Morgan fingerprint density at radius 1 is 1.04 bits per heavy atom. The van der Waals surface area contributed by atoms with Crippen molar-refractivity contribution in [2.75, 3.05) is 10.6 Å². The van der Waals surface area contributed by atoms with Crippen LogP contribution in [0.2, 0.25) is 0 Å². The molecule has 8 nitrogen and oxygen atoms in total. The highest BCUT2D eigenvalue weighted by Gasteiger charge is 2.12. The summed E-state index contributed by atoms with van der Waals surface area (Å²) < 4.78 is 6.33. The number of primary amides is 1. The first-order chi connectivity index (χ1) is 11.5. The Morgan fingerprint density at radius 2 is 1.75 bits per heavy atom. The topological polar surface area (TPSA) is 119 Å². The van der Waals surface area contributed by atoms with Crippen molar-refractivity contribution in [3.8, 4) is 0 Å². The second kappa shape index (κ2) is 6.29. The van der Waals surface area contributed by atoms with Crippen LogP contribution in [0.4, 0.5) is 16.2 Å². The second-order valence-electron chi connectivity index (χ2n) is 5.04. The van der Waals surface area contributed by atoms with Gasteiger partial charge in [0.25, 0.3) is 0 Å². The number of amides is 3. The molecule has 0 bridgehead atoms. The lowest BCUT2D eigenvalue weighted by Crippen LogP contribution is -2.25. The van der Waals surface area contributed by atoms with Gasteiger partial charge in [-0.25, -0.2) is 9.59 Å². The summed E-state index contributed by atoms with van der Waals surface area (Å²) >= 11 is 0. The molecule has 0 aliphatic rings. The van der Waals surface area contributed by atoms with Crippen molar-refractivity contribution in [1.29, 1.82) is 0 Å². The highest BCUT2D eigenvalue weighted by atomic mass is 16.4. The fraction of sp³-hybridized carbons (Fsp3) is 0.0625. The maximum Gasteiger partial charge on any atom is 0.420 e. The van der Waals surface area contributed by atoms with Gasteiger partial charge in [-0.1, -0.05) is 18.2 Å². The number of rotatable bonds is 4. The predicted octanol–water partition coefficient (Wildman–Crippen LogP) is 1.72. The van der Waals surface area contributed by atoms with Crippen LogP contribution in [0.5, 0.6) is 0 Å². The Labute approximate surface area is 135 Å². The Morgan fingerprint density at radius 3 is 2.50 bits per heavy atom. The third-order valence-corrected chi connectivity index (χ3v) is 3.29. The van der Waals surface area contributed by atoms with E-state index in [2.05, 4.69) is 10.6 Å². The van der Waals surface area contributed by atoms with Crippen LogP contribution in [-0.2, 0) is 11.3 Å². The van der Waals surface area contributed by atoms with Gasteiger partial charge in [-0.3, -0.25) is 9.36 Å². The summed E-state index contributed by atoms with van der Waals surface area (Å²) in [5.74, 6) is -1.00. The fourth-order valence-electron chi connectivity index (χ4n) is 2.32. The van der Waals surface area contributed by atoms with Crippen molar-refractivity contribution >= 4 is 34.4 Å². The standard InChI is InChI=1S/C16H14N4O4/c17-15(22)19-11-5-3-4-10(8-11)18-14(21)9-20-12-6-1-2-7-13(12)24-16(20)23/h1-8H,9H2,(H,18,21)(H3,17,19,22). The molecule has 3 aromatic rings. The summed E-state index contributed by atoms with van der Waals surface area (Å²) in [7, 11) is 0. The van der Waals surface area contributed by atoms with Gasteiger partial charge >= 0.3 is 11.8 Å². The molecule has 0 atom stereocenters. The third-order valence-electron chi connectivity index (χ3n) is 3.29. The number of carbonyl (C=O) groups is 2. The molecule has 0 aliphatic heterocycles. The van der Waals surface area contributed by atoms with Crippen molar-refractivity contribution in [1.82, 2.24) is 4.57 Å². The number of urea groups is 1. The maximum atomic E-state index is 12.2. The van der Waals surface area contributed by atoms with E-state index in [1.165, 1.54) is 4.57 Å². The van der Waals surface area contributed by atoms with Gasteiger partial charge in [-0.2, -0.15) is 0 Å². The molecule has 0 spiro atoms. The molecule has 4 N–H and O–H groups in total. The molecular formula is C16H14N4O4. The average Bonchev–Trinajstić information content (AvgIpc) is 2.83. The van der Waals surface area contributed by atoms with Crippen LogP contribution < -0.4 is 22.1 Å². The zero-order chi connectivity index (χ0) is 17.1. The molecular weight excluding hydrogens is 312 g/mol. The first-order valence-corrected chi connectivity index (χ1v) is 7.08. The number of carbonyl (C=O) groups excluding carboxylic acids is 2. The van der Waals surface area contributed by atoms with Crippen molar-refractivity contribution in [2.45, 2.75) is 6.54 Å².